The molecule has 0 spiro atoms. The fraction of sp³-hybridized carbons (Fsp3) is 0.750. The number of nitrogens with two attached hydrogens (primary N) is 1. The van der Waals surface area contributed by atoms with Gasteiger partial charge in [-0.3, -0.25) is 4.79 Å². The standard InChI is InChI=1S/C12H22N2O2/c1-2-3-9-16-10-8-14-11(15)12(13)6-4-5-7-12/h2H,1,3-10,13H2,(H,14,15). The average molecular weight is 226 g/mol. The first-order chi connectivity index (χ1) is 7.69. The van der Waals surface area contributed by atoms with E-state index in [0.717, 1.165) is 32.1 Å². The summed E-state index contributed by atoms with van der Waals surface area (Å²) in [5.41, 5.74) is 5.38. The van der Waals surface area contributed by atoms with Crippen LogP contribution in [0.5, 0.6) is 0 Å². The van der Waals surface area contributed by atoms with Crippen molar-refractivity contribution in [3.05, 3.63) is 12.7 Å². The highest BCUT2D eigenvalue weighted by atomic mass is 16.5. The zero-order valence-electron chi connectivity index (χ0n) is 9.84. The highest BCUT2D eigenvalue weighted by Gasteiger charge is 2.36. The summed E-state index contributed by atoms with van der Waals surface area (Å²) in [7, 11) is 0. The van der Waals surface area contributed by atoms with Crippen molar-refractivity contribution in [3.63, 3.8) is 0 Å². The summed E-state index contributed by atoms with van der Waals surface area (Å²) >= 11 is 0. The minimum absolute atomic E-state index is 0.0303. The maximum absolute atomic E-state index is 11.7. The Morgan fingerprint density at radius 2 is 2.12 bits per heavy atom. The van der Waals surface area contributed by atoms with E-state index < -0.39 is 5.54 Å². The fourth-order valence-electron chi connectivity index (χ4n) is 1.91. The van der Waals surface area contributed by atoms with Crippen LogP contribution in [-0.2, 0) is 9.53 Å². The van der Waals surface area contributed by atoms with Gasteiger partial charge >= 0.3 is 0 Å². The lowest BCUT2D eigenvalue weighted by molar-refractivity contribution is -0.126. The molecular formula is C12H22N2O2. The molecule has 0 bridgehead atoms. The number of rotatable bonds is 7. The lowest BCUT2D eigenvalue weighted by Gasteiger charge is -2.22. The van der Waals surface area contributed by atoms with Crippen molar-refractivity contribution in [3.8, 4) is 0 Å². The molecule has 0 unspecified atom stereocenters. The normalized spacial score (nSPS) is 18.3. The van der Waals surface area contributed by atoms with Gasteiger partial charge in [0, 0.05) is 6.54 Å². The van der Waals surface area contributed by atoms with Crippen LogP contribution in [0.15, 0.2) is 12.7 Å². The van der Waals surface area contributed by atoms with Gasteiger partial charge in [0.05, 0.1) is 18.8 Å². The van der Waals surface area contributed by atoms with Gasteiger partial charge in [-0.15, -0.1) is 6.58 Å². The highest BCUT2D eigenvalue weighted by Crippen LogP contribution is 2.26. The number of carbonyl (C=O) groups is 1. The molecule has 1 aliphatic rings. The van der Waals surface area contributed by atoms with Crippen LogP contribution >= 0.6 is 0 Å². The van der Waals surface area contributed by atoms with Crippen LogP contribution in [0.4, 0.5) is 0 Å². The Bertz CT molecular complexity index is 235. The molecule has 1 fully saturated rings. The maximum Gasteiger partial charge on any atom is 0.240 e. The van der Waals surface area contributed by atoms with E-state index in [1.54, 1.807) is 0 Å². The van der Waals surface area contributed by atoms with Crippen LogP contribution in [0.1, 0.15) is 32.1 Å². The minimum Gasteiger partial charge on any atom is -0.379 e. The maximum atomic E-state index is 11.7. The van der Waals surface area contributed by atoms with Gasteiger partial charge in [0.15, 0.2) is 0 Å². The van der Waals surface area contributed by atoms with Crippen molar-refractivity contribution in [2.75, 3.05) is 19.8 Å². The van der Waals surface area contributed by atoms with E-state index in [4.69, 9.17) is 10.5 Å². The second-order valence-corrected chi connectivity index (χ2v) is 4.31. The zero-order valence-corrected chi connectivity index (χ0v) is 9.84. The summed E-state index contributed by atoms with van der Waals surface area (Å²) in [5, 5.41) is 2.83. The summed E-state index contributed by atoms with van der Waals surface area (Å²) in [6.45, 7) is 5.34. The van der Waals surface area contributed by atoms with Crippen LogP contribution < -0.4 is 11.1 Å². The Balaban J connectivity index is 2.08. The van der Waals surface area contributed by atoms with Crippen molar-refractivity contribution >= 4 is 5.91 Å². The largest absolute Gasteiger partial charge is 0.379 e. The van der Waals surface area contributed by atoms with E-state index in [2.05, 4.69) is 11.9 Å². The monoisotopic (exact) mass is 226 g/mol. The second kappa shape index (κ2) is 6.66. The highest BCUT2D eigenvalue weighted by molar-refractivity contribution is 5.86. The van der Waals surface area contributed by atoms with Crippen molar-refractivity contribution < 1.29 is 9.53 Å². The molecule has 0 atom stereocenters. The van der Waals surface area contributed by atoms with E-state index in [0.29, 0.717) is 19.8 Å². The Kier molecular flexibility index (Phi) is 5.49. The Labute approximate surface area is 97.2 Å². The molecule has 92 valence electrons. The first-order valence-electron chi connectivity index (χ1n) is 5.95. The summed E-state index contributed by atoms with van der Waals surface area (Å²) in [5.74, 6) is -0.0303. The van der Waals surface area contributed by atoms with Crippen LogP contribution in [0.3, 0.4) is 0 Å². The van der Waals surface area contributed by atoms with Gasteiger partial charge in [-0.05, 0) is 19.3 Å². The van der Waals surface area contributed by atoms with E-state index in [1.165, 1.54) is 0 Å². The molecule has 16 heavy (non-hydrogen) atoms. The molecule has 1 amide bonds. The summed E-state index contributed by atoms with van der Waals surface area (Å²) < 4.78 is 5.29. The predicted octanol–water partition coefficient (Wildman–Crippen LogP) is 0.967. The smallest absolute Gasteiger partial charge is 0.240 e. The van der Waals surface area contributed by atoms with Crippen LogP contribution in [-0.4, -0.2) is 31.2 Å². The predicted molar refractivity (Wildman–Crippen MR) is 64.0 cm³/mol. The second-order valence-electron chi connectivity index (χ2n) is 4.31. The first kappa shape index (κ1) is 13.2. The third-order valence-corrected chi connectivity index (χ3v) is 2.95. The van der Waals surface area contributed by atoms with Gasteiger partial charge in [0.1, 0.15) is 0 Å². The SMILES string of the molecule is C=CCCOCCNC(=O)C1(N)CCCC1. The quantitative estimate of drug-likeness (QED) is 0.502. The number of ether oxygens (including phenoxy) is 1. The first-order valence-corrected chi connectivity index (χ1v) is 5.95. The topological polar surface area (TPSA) is 64.3 Å². The Morgan fingerprint density at radius 1 is 1.44 bits per heavy atom. The molecule has 1 rings (SSSR count). The van der Waals surface area contributed by atoms with Crippen LogP contribution in [0.25, 0.3) is 0 Å². The molecule has 3 N–H and O–H groups in total. The van der Waals surface area contributed by atoms with Gasteiger partial charge in [-0.2, -0.15) is 0 Å². The fourth-order valence-corrected chi connectivity index (χ4v) is 1.91. The van der Waals surface area contributed by atoms with Crippen molar-refractivity contribution in [2.45, 2.75) is 37.6 Å². The number of carbonyl (C=O) groups excluding carboxylic acids is 1. The average Bonchev–Trinajstić information content (AvgIpc) is 2.71. The summed E-state index contributed by atoms with van der Waals surface area (Å²) in [6, 6.07) is 0. The van der Waals surface area contributed by atoms with E-state index in [9.17, 15) is 4.79 Å². The molecular weight excluding hydrogens is 204 g/mol. The molecule has 0 aromatic carbocycles. The van der Waals surface area contributed by atoms with E-state index >= 15 is 0 Å². The van der Waals surface area contributed by atoms with Crippen molar-refractivity contribution in [2.24, 2.45) is 5.73 Å². The molecule has 0 saturated heterocycles. The van der Waals surface area contributed by atoms with Crippen molar-refractivity contribution in [1.82, 2.24) is 5.32 Å². The molecule has 4 nitrogen and oxygen atoms in total. The third kappa shape index (κ3) is 3.94. The molecule has 1 aliphatic carbocycles. The van der Waals surface area contributed by atoms with Gasteiger partial charge in [-0.1, -0.05) is 18.9 Å². The molecule has 0 aromatic rings. The van der Waals surface area contributed by atoms with E-state index in [-0.39, 0.29) is 5.91 Å². The van der Waals surface area contributed by atoms with Gasteiger partial charge < -0.3 is 15.8 Å². The molecule has 0 aromatic heterocycles. The lowest BCUT2D eigenvalue weighted by atomic mass is 9.98. The molecule has 0 radical (unpaired) electrons. The Morgan fingerprint density at radius 3 is 2.75 bits per heavy atom. The van der Waals surface area contributed by atoms with Crippen molar-refractivity contribution in [1.29, 1.82) is 0 Å². The number of hydrogen-bond donors (Lipinski definition) is 2. The number of amides is 1. The van der Waals surface area contributed by atoms with Gasteiger partial charge in [0.25, 0.3) is 0 Å². The minimum atomic E-state index is -0.624. The van der Waals surface area contributed by atoms with Gasteiger partial charge in [0.2, 0.25) is 5.91 Å². The molecule has 1 saturated carbocycles. The van der Waals surface area contributed by atoms with Crippen LogP contribution in [0.2, 0.25) is 0 Å². The summed E-state index contributed by atoms with van der Waals surface area (Å²) in [6.07, 6.45) is 6.37. The van der Waals surface area contributed by atoms with Gasteiger partial charge in [-0.25, -0.2) is 0 Å². The third-order valence-electron chi connectivity index (χ3n) is 2.95. The van der Waals surface area contributed by atoms with Crippen LogP contribution in [0, 0.1) is 0 Å². The molecule has 0 heterocycles. The molecule has 4 heteroatoms. The Hall–Kier alpha value is -0.870. The summed E-state index contributed by atoms with van der Waals surface area (Å²) in [4.78, 5) is 11.7. The van der Waals surface area contributed by atoms with E-state index in [1.807, 2.05) is 6.08 Å². The zero-order chi connectivity index (χ0) is 11.9. The lowest BCUT2D eigenvalue weighted by Crippen LogP contribution is -2.52. The number of nitrogens with one attached hydrogen (secondary N) is 1. The number of hydrogen-bond acceptors (Lipinski definition) is 3. The molecule has 0 aliphatic heterocycles.